The summed E-state index contributed by atoms with van der Waals surface area (Å²) in [5, 5.41) is 2.57. The second-order valence-corrected chi connectivity index (χ2v) is 6.38. The van der Waals surface area contributed by atoms with Gasteiger partial charge in [-0.05, 0) is 32.8 Å². The fraction of sp³-hybridized carbons (Fsp3) is 0.471. The zero-order valence-electron chi connectivity index (χ0n) is 14.8. The van der Waals surface area contributed by atoms with Crippen LogP contribution in [-0.2, 0) is 5.54 Å². The lowest BCUT2D eigenvalue weighted by atomic mass is 9.97. The van der Waals surface area contributed by atoms with Crippen LogP contribution in [0.25, 0.3) is 0 Å². The van der Waals surface area contributed by atoms with Gasteiger partial charge in [-0.15, -0.1) is 0 Å². The highest BCUT2D eigenvalue weighted by atomic mass is 16.3. The summed E-state index contributed by atoms with van der Waals surface area (Å²) < 4.78 is 5.16. The molecule has 0 unspecified atom stereocenters. The third-order valence-electron chi connectivity index (χ3n) is 4.52. The van der Waals surface area contributed by atoms with E-state index in [4.69, 9.17) is 4.42 Å². The van der Waals surface area contributed by atoms with Crippen molar-refractivity contribution in [3.63, 3.8) is 0 Å². The fourth-order valence-corrected chi connectivity index (χ4v) is 3.18. The molecule has 2 amide bonds. The molecule has 2 aromatic heterocycles. The number of aryl methyl sites for hydroxylation is 2. The molecule has 1 atom stereocenters. The number of aromatic nitrogens is 3. The van der Waals surface area contributed by atoms with Crippen molar-refractivity contribution in [3.05, 3.63) is 41.1 Å². The van der Waals surface area contributed by atoms with Crippen LogP contribution in [0.15, 0.2) is 16.7 Å². The number of carbonyl (C=O) groups is 2. The standard InChI is InChI=1S/C17H21N5O3/c1-10-8-12(14(23)18-4)21-16(19-10)17(3)6-5-7-22(17)15(24)13-9-25-11(2)20-13/h8-9H,5-7H2,1-4H3,(H,18,23)/t17-/m0/s1. The lowest BCUT2D eigenvalue weighted by Gasteiger charge is -2.33. The van der Waals surface area contributed by atoms with Crippen molar-refractivity contribution in [2.75, 3.05) is 13.6 Å². The maximum atomic E-state index is 12.9. The quantitative estimate of drug-likeness (QED) is 0.908. The first-order valence-corrected chi connectivity index (χ1v) is 8.17. The largest absolute Gasteiger partial charge is 0.448 e. The predicted octanol–water partition coefficient (Wildman–Crippen LogP) is 1.59. The summed E-state index contributed by atoms with van der Waals surface area (Å²) in [5.74, 6) is 0.414. The lowest BCUT2D eigenvalue weighted by Crippen LogP contribution is -2.44. The number of nitrogens with zero attached hydrogens (tertiary/aromatic N) is 4. The molecule has 1 N–H and O–H groups in total. The topological polar surface area (TPSA) is 101 Å². The highest BCUT2D eigenvalue weighted by Crippen LogP contribution is 2.37. The number of hydrogen-bond donors (Lipinski definition) is 1. The third-order valence-corrected chi connectivity index (χ3v) is 4.52. The Morgan fingerprint density at radius 2 is 2.00 bits per heavy atom. The van der Waals surface area contributed by atoms with E-state index < -0.39 is 5.54 Å². The molecule has 0 saturated carbocycles. The summed E-state index contributed by atoms with van der Waals surface area (Å²) in [6, 6.07) is 1.63. The van der Waals surface area contributed by atoms with Gasteiger partial charge in [0.25, 0.3) is 11.8 Å². The SMILES string of the molecule is CNC(=O)c1cc(C)nc([C@]2(C)CCCN2C(=O)c2coc(C)n2)n1. The lowest BCUT2D eigenvalue weighted by molar-refractivity contribution is 0.0597. The molecule has 1 aliphatic heterocycles. The summed E-state index contributed by atoms with van der Waals surface area (Å²) in [4.78, 5) is 39.6. The van der Waals surface area contributed by atoms with E-state index in [1.165, 1.54) is 6.26 Å². The minimum Gasteiger partial charge on any atom is -0.448 e. The van der Waals surface area contributed by atoms with Gasteiger partial charge >= 0.3 is 0 Å². The second-order valence-electron chi connectivity index (χ2n) is 6.38. The molecule has 132 valence electrons. The maximum absolute atomic E-state index is 12.9. The van der Waals surface area contributed by atoms with E-state index in [1.54, 1.807) is 24.9 Å². The van der Waals surface area contributed by atoms with E-state index >= 15 is 0 Å². The van der Waals surface area contributed by atoms with E-state index in [9.17, 15) is 9.59 Å². The predicted molar refractivity (Wildman–Crippen MR) is 89.0 cm³/mol. The van der Waals surface area contributed by atoms with E-state index in [0.29, 0.717) is 36.1 Å². The summed E-state index contributed by atoms with van der Waals surface area (Å²) >= 11 is 0. The minimum absolute atomic E-state index is 0.219. The van der Waals surface area contributed by atoms with Crippen LogP contribution in [0.3, 0.4) is 0 Å². The Hall–Kier alpha value is -2.77. The van der Waals surface area contributed by atoms with Crippen molar-refractivity contribution in [1.82, 2.24) is 25.2 Å². The molecule has 8 nitrogen and oxygen atoms in total. The Kier molecular flexibility index (Phi) is 4.28. The van der Waals surface area contributed by atoms with E-state index in [2.05, 4.69) is 20.3 Å². The number of likely N-dealkylation sites (tertiary alicyclic amines) is 1. The second kappa shape index (κ2) is 6.27. The minimum atomic E-state index is -0.696. The molecule has 1 fully saturated rings. The molecule has 0 spiro atoms. The smallest absolute Gasteiger partial charge is 0.276 e. The zero-order valence-corrected chi connectivity index (χ0v) is 14.8. The Morgan fingerprint density at radius 1 is 1.24 bits per heavy atom. The number of hydrogen-bond acceptors (Lipinski definition) is 6. The van der Waals surface area contributed by atoms with Gasteiger partial charge < -0.3 is 14.6 Å². The molecular weight excluding hydrogens is 322 g/mol. The van der Waals surface area contributed by atoms with Gasteiger partial charge in [0, 0.05) is 26.2 Å². The Morgan fingerprint density at radius 3 is 2.64 bits per heavy atom. The van der Waals surface area contributed by atoms with Crippen LogP contribution in [0.4, 0.5) is 0 Å². The molecule has 0 aromatic carbocycles. The van der Waals surface area contributed by atoms with Gasteiger partial charge in [-0.3, -0.25) is 9.59 Å². The van der Waals surface area contributed by atoms with Crippen molar-refractivity contribution in [1.29, 1.82) is 0 Å². The average molecular weight is 343 g/mol. The van der Waals surface area contributed by atoms with Crippen molar-refractivity contribution in [2.45, 2.75) is 39.2 Å². The van der Waals surface area contributed by atoms with Gasteiger partial charge in [-0.2, -0.15) is 0 Å². The first-order valence-electron chi connectivity index (χ1n) is 8.17. The first kappa shape index (κ1) is 17.1. The van der Waals surface area contributed by atoms with E-state index in [-0.39, 0.29) is 17.5 Å². The normalized spacial score (nSPS) is 19.9. The first-order chi connectivity index (χ1) is 11.8. The molecule has 3 rings (SSSR count). The molecule has 1 saturated heterocycles. The summed E-state index contributed by atoms with van der Waals surface area (Å²) in [6.07, 6.45) is 2.90. The van der Waals surface area contributed by atoms with Gasteiger partial charge in [0.2, 0.25) is 0 Å². The fourth-order valence-electron chi connectivity index (χ4n) is 3.18. The van der Waals surface area contributed by atoms with Crippen molar-refractivity contribution >= 4 is 11.8 Å². The third kappa shape index (κ3) is 2.99. The number of rotatable bonds is 3. The van der Waals surface area contributed by atoms with Crippen LogP contribution in [0.5, 0.6) is 0 Å². The van der Waals surface area contributed by atoms with Crippen molar-refractivity contribution in [3.8, 4) is 0 Å². The Bertz CT molecular complexity index is 831. The summed E-state index contributed by atoms with van der Waals surface area (Å²) in [7, 11) is 1.56. The number of amides is 2. The Balaban J connectivity index is 2.01. The van der Waals surface area contributed by atoms with Crippen LogP contribution >= 0.6 is 0 Å². The zero-order chi connectivity index (χ0) is 18.2. The highest BCUT2D eigenvalue weighted by Gasteiger charge is 2.44. The van der Waals surface area contributed by atoms with E-state index in [0.717, 1.165) is 6.42 Å². The van der Waals surface area contributed by atoms with Crippen LogP contribution in [0, 0.1) is 13.8 Å². The number of oxazole rings is 1. The van der Waals surface area contributed by atoms with Crippen molar-refractivity contribution in [2.24, 2.45) is 0 Å². The molecule has 0 aliphatic carbocycles. The van der Waals surface area contributed by atoms with Crippen LogP contribution in [0.2, 0.25) is 0 Å². The molecule has 25 heavy (non-hydrogen) atoms. The van der Waals surface area contributed by atoms with E-state index in [1.807, 2.05) is 13.8 Å². The molecule has 8 heteroatoms. The van der Waals surface area contributed by atoms with Gasteiger partial charge in [0.15, 0.2) is 17.4 Å². The molecule has 3 heterocycles. The summed E-state index contributed by atoms with van der Waals surface area (Å²) in [5.41, 5.74) is 0.549. The van der Waals surface area contributed by atoms with Gasteiger partial charge in [0.1, 0.15) is 17.5 Å². The van der Waals surface area contributed by atoms with Crippen LogP contribution in [0.1, 0.15) is 58.2 Å². The molecule has 2 aromatic rings. The average Bonchev–Trinajstić information content (AvgIpc) is 3.19. The van der Waals surface area contributed by atoms with Crippen LogP contribution in [-0.4, -0.2) is 45.3 Å². The highest BCUT2D eigenvalue weighted by molar-refractivity contribution is 5.93. The number of carbonyl (C=O) groups excluding carboxylic acids is 2. The molecular formula is C17H21N5O3. The van der Waals surface area contributed by atoms with Gasteiger partial charge in [0.05, 0.1) is 0 Å². The number of nitrogens with one attached hydrogen (secondary N) is 1. The van der Waals surface area contributed by atoms with Crippen LogP contribution < -0.4 is 5.32 Å². The molecule has 1 aliphatic rings. The maximum Gasteiger partial charge on any atom is 0.276 e. The monoisotopic (exact) mass is 343 g/mol. The van der Waals surface area contributed by atoms with Crippen molar-refractivity contribution < 1.29 is 14.0 Å². The van der Waals surface area contributed by atoms with Gasteiger partial charge in [-0.25, -0.2) is 15.0 Å². The Labute approximate surface area is 145 Å². The van der Waals surface area contributed by atoms with Gasteiger partial charge in [-0.1, -0.05) is 0 Å². The molecule has 0 radical (unpaired) electrons. The molecule has 0 bridgehead atoms. The summed E-state index contributed by atoms with van der Waals surface area (Å²) in [6.45, 7) is 6.00.